The number of aromatic nitrogens is 2. The predicted octanol–water partition coefficient (Wildman–Crippen LogP) is 0.632. The van der Waals surface area contributed by atoms with Gasteiger partial charge >= 0.3 is 0 Å². The van der Waals surface area contributed by atoms with Crippen LogP contribution in [0.2, 0.25) is 0 Å². The predicted molar refractivity (Wildman–Crippen MR) is 74.7 cm³/mol. The lowest BCUT2D eigenvalue weighted by atomic mass is 10.0. The lowest BCUT2D eigenvalue weighted by Gasteiger charge is -2.25. The Kier molecular flexibility index (Phi) is 5.34. The van der Waals surface area contributed by atoms with Crippen molar-refractivity contribution in [1.29, 1.82) is 0 Å². The SMILES string of the molecule is COCC(C)(C)NC(=O)c1n[nH]c2c1CNCC2.Cl. The molecular weight excluding hydrogens is 268 g/mol. The van der Waals surface area contributed by atoms with Crippen LogP contribution in [0, 0.1) is 0 Å². The molecule has 0 aliphatic carbocycles. The highest BCUT2D eigenvalue weighted by Gasteiger charge is 2.26. The molecule has 2 rings (SSSR count). The number of halogens is 1. The van der Waals surface area contributed by atoms with Crippen LogP contribution in [-0.2, 0) is 17.7 Å². The fraction of sp³-hybridized carbons (Fsp3) is 0.667. The fourth-order valence-corrected chi connectivity index (χ4v) is 2.18. The molecule has 0 aromatic carbocycles. The van der Waals surface area contributed by atoms with Gasteiger partial charge in [-0.15, -0.1) is 12.4 Å². The first-order chi connectivity index (χ1) is 8.53. The van der Waals surface area contributed by atoms with Gasteiger partial charge in [0.2, 0.25) is 0 Å². The Bertz CT molecular complexity index is 445. The molecule has 2 heterocycles. The summed E-state index contributed by atoms with van der Waals surface area (Å²) in [4.78, 5) is 12.2. The number of ether oxygens (including phenoxy) is 1. The Morgan fingerprint density at radius 2 is 2.26 bits per heavy atom. The summed E-state index contributed by atoms with van der Waals surface area (Å²) in [7, 11) is 1.62. The van der Waals surface area contributed by atoms with Crippen molar-refractivity contribution in [2.24, 2.45) is 0 Å². The summed E-state index contributed by atoms with van der Waals surface area (Å²) < 4.78 is 5.08. The van der Waals surface area contributed by atoms with Crippen molar-refractivity contribution in [3.05, 3.63) is 17.0 Å². The highest BCUT2D eigenvalue weighted by molar-refractivity contribution is 5.94. The first-order valence-electron chi connectivity index (χ1n) is 6.12. The third-order valence-electron chi connectivity index (χ3n) is 2.98. The van der Waals surface area contributed by atoms with E-state index >= 15 is 0 Å². The Morgan fingerprint density at radius 3 is 2.95 bits per heavy atom. The van der Waals surface area contributed by atoms with Crippen LogP contribution in [-0.4, -0.2) is 41.9 Å². The molecule has 0 saturated heterocycles. The largest absolute Gasteiger partial charge is 0.382 e. The lowest BCUT2D eigenvalue weighted by molar-refractivity contribution is 0.0814. The molecule has 1 aliphatic heterocycles. The molecule has 6 nitrogen and oxygen atoms in total. The van der Waals surface area contributed by atoms with Gasteiger partial charge in [0.15, 0.2) is 5.69 Å². The number of carbonyl (C=O) groups excluding carboxylic acids is 1. The van der Waals surface area contributed by atoms with E-state index in [4.69, 9.17) is 4.74 Å². The molecule has 0 radical (unpaired) electrons. The zero-order valence-electron chi connectivity index (χ0n) is 11.5. The van der Waals surface area contributed by atoms with Crippen molar-refractivity contribution in [1.82, 2.24) is 20.8 Å². The number of hydrogen-bond acceptors (Lipinski definition) is 4. The summed E-state index contributed by atoms with van der Waals surface area (Å²) in [6.07, 6.45) is 0.886. The minimum atomic E-state index is -0.403. The molecule has 0 fully saturated rings. The van der Waals surface area contributed by atoms with Crippen LogP contribution in [0.4, 0.5) is 0 Å². The number of amides is 1. The number of methoxy groups -OCH3 is 1. The van der Waals surface area contributed by atoms with Gasteiger partial charge in [-0.2, -0.15) is 5.10 Å². The van der Waals surface area contributed by atoms with Crippen LogP contribution >= 0.6 is 12.4 Å². The molecular formula is C12H21ClN4O2. The molecule has 0 bridgehead atoms. The normalized spacial score (nSPS) is 14.5. The molecule has 0 saturated carbocycles. The summed E-state index contributed by atoms with van der Waals surface area (Å²) in [6.45, 7) is 5.92. The first-order valence-corrected chi connectivity index (χ1v) is 6.12. The number of H-pyrrole nitrogens is 1. The maximum atomic E-state index is 12.2. The fourth-order valence-electron chi connectivity index (χ4n) is 2.18. The van der Waals surface area contributed by atoms with Gasteiger partial charge < -0.3 is 15.4 Å². The Labute approximate surface area is 119 Å². The number of nitrogens with zero attached hydrogens (tertiary/aromatic N) is 1. The van der Waals surface area contributed by atoms with Crippen LogP contribution in [0.15, 0.2) is 0 Å². The van der Waals surface area contributed by atoms with Crippen LogP contribution in [0.25, 0.3) is 0 Å². The maximum Gasteiger partial charge on any atom is 0.272 e. The molecule has 1 aromatic heterocycles. The molecule has 19 heavy (non-hydrogen) atoms. The second-order valence-electron chi connectivity index (χ2n) is 5.23. The number of carbonyl (C=O) groups is 1. The second-order valence-corrected chi connectivity index (χ2v) is 5.23. The molecule has 0 atom stereocenters. The van der Waals surface area contributed by atoms with E-state index in [-0.39, 0.29) is 18.3 Å². The highest BCUT2D eigenvalue weighted by Crippen LogP contribution is 2.16. The van der Waals surface area contributed by atoms with E-state index < -0.39 is 5.54 Å². The van der Waals surface area contributed by atoms with E-state index in [1.54, 1.807) is 7.11 Å². The van der Waals surface area contributed by atoms with E-state index in [2.05, 4.69) is 20.8 Å². The van der Waals surface area contributed by atoms with E-state index in [1.165, 1.54) is 0 Å². The van der Waals surface area contributed by atoms with Gasteiger partial charge in [0, 0.05) is 37.9 Å². The molecule has 1 amide bonds. The summed E-state index contributed by atoms with van der Waals surface area (Å²) in [5.74, 6) is -0.154. The van der Waals surface area contributed by atoms with Gasteiger partial charge in [-0.1, -0.05) is 0 Å². The van der Waals surface area contributed by atoms with Crippen LogP contribution in [0.5, 0.6) is 0 Å². The minimum Gasteiger partial charge on any atom is -0.382 e. The molecule has 3 N–H and O–H groups in total. The lowest BCUT2D eigenvalue weighted by Crippen LogP contribution is -2.47. The molecule has 0 spiro atoms. The van der Waals surface area contributed by atoms with Crippen molar-refractivity contribution < 1.29 is 9.53 Å². The van der Waals surface area contributed by atoms with Crippen molar-refractivity contribution in [3.8, 4) is 0 Å². The minimum absolute atomic E-state index is 0. The van der Waals surface area contributed by atoms with Crippen LogP contribution in [0.3, 0.4) is 0 Å². The van der Waals surface area contributed by atoms with Crippen molar-refractivity contribution in [2.75, 3.05) is 20.3 Å². The van der Waals surface area contributed by atoms with Crippen molar-refractivity contribution in [2.45, 2.75) is 32.4 Å². The molecule has 108 valence electrons. The van der Waals surface area contributed by atoms with Gasteiger partial charge in [-0.05, 0) is 13.8 Å². The zero-order valence-corrected chi connectivity index (χ0v) is 12.3. The quantitative estimate of drug-likeness (QED) is 0.759. The van der Waals surface area contributed by atoms with E-state index in [1.807, 2.05) is 13.8 Å². The van der Waals surface area contributed by atoms with Crippen LogP contribution in [0.1, 0.15) is 35.6 Å². The monoisotopic (exact) mass is 288 g/mol. The average molecular weight is 289 g/mol. The Hall–Kier alpha value is -1.11. The number of nitrogens with one attached hydrogen (secondary N) is 3. The number of aromatic amines is 1. The van der Waals surface area contributed by atoms with Crippen LogP contribution < -0.4 is 10.6 Å². The number of hydrogen-bond donors (Lipinski definition) is 3. The zero-order chi connectivity index (χ0) is 13.2. The topological polar surface area (TPSA) is 79.0 Å². The summed E-state index contributed by atoms with van der Waals surface area (Å²) >= 11 is 0. The van der Waals surface area contributed by atoms with Crippen molar-refractivity contribution in [3.63, 3.8) is 0 Å². The van der Waals surface area contributed by atoms with E-state index in [0.717, 1.165) is 24.2 Å². The number of fused-ring (bicyclic) bond motifs is 1. The van der Waals surface area contributed by atoms with Crippen molar-refractivity contribution >= 4 is 18.3 Å². The highest BCUT2D eigenvalue weighted by atomic mass is 35.5. The Morgan fingerprint density at radius 1 is 1.53 bits per heavy atom. The molecule has 1 aliphatic rings. The number of rotatable bonds is 4. The average Bonchev–Trinajstić information content (AvgIpc) is 2.71. The van der Waals surface area contributed by atoms with Gasteiger partial charge in [0.05, 0.1) is 12.1 Å². The van der Waals surface area contributed by atoms with Gasteiger partial charge in [-0.3, -0.25) is 9.89 Å². The van der Waals surface area contributed by atoms with Gasteiger partial charge in [0.25, 0.3) is 5.91 Å². The molecule has 7 heteroatoms. The third kappa shape index (κ3) is 3.68. The van der Waals surface area contributed by atoms with E-state index in [9.17, 15) is 4.79 Å². The first kappa shape index (κ1) is 15.9. The standard InChI is InChI=1S/C12H20N4O2.ClH/c1-12(2,7-18-3)14-11(17)10-8-6-13-5-4-9(8)15-16-10;/h13H,4-7H2,1-3H3,(H,14,17)(H,15,16);1H. The smallest absolute Gasteiger partial charge is 0.272 e. The molecule has 1 aromatic rings. The van der Waals surface area contributed by atoms with E-state index in [0.29, 0.717) is 18.8 Å². The summed E-state index contributed by atoms with van der Waals surface area (Å²) in [5.41, 5.74) is 2.12. The second kappa shape index (κ2) is 6.36. The maximum absolute atomic E-state index is 12.2. The Balaban J connectivity index is 0.00000180. The summed E-state index contributed by atoms with van der Waals surface area (Å²) in [6, 6.07) is 0. The van der Waals surface area contributed by atoms with Gasteiger partial charge in [0.1, 0.15) is 0 Å². The van der Waals surface area contributed by atoms with Gasteiger partial charge in [-0.25, -0.2) is 0 Å². The third-order valence-corrected chi connectivity index (χ3v) is 2.98. The molecule has 0 unspecified atom stereocenters. The summed E-state index contributed by atoms with van der Waals surface area (Å²) in [5, 5.41) is 13.2.